The zero-order valence-electron chi connectivity index (χ0n) is 12.5. The molecule has 1 aliphatic heterocycles. The third-order valence-electron chi connectivity index (χ3n) is 4.25. The standard InChI is InChI=1S/C17H24FNO/c1-3-6-14-8-5-11-19(12-10-14)17(20)15-9-4-7-13(2)16(15)18/h4,7,9,14H,3,5-6,8,10-12H2,1-2H3. The van der Waals surface area contributed by atoms with E-state index in [4.69, 9.17) is 0 Å². The largest absolute Gasteiger partial charge is 0.339 e. The van der Waals surface area contributed by atoms with Gasteiger partial charge in [-0.3, -0.25) is 4.79 Å². The van der Waals surface area contributed by atoms with E-state index in [0.717, 1.165) is 31.8 Å². The van der Waals surface area contributed by atoms with Crippen molar-refractivity contribution in [3.63, 3.8) is 0 Å². The van der Waals surface area contributed by atoms with Crippen LogP contribution in [-0.2, 0) is 0 Å². The van der Waals surface area contributed by atoms with Crippen molar-refractivity contribution in [3.8, 4) is 0 Å². The fourth-order valence-electron chi connectivity index (χ4n) is 3.05. The van der Waals surface area contributed by atoms with E-state index in [2.05, 4.69) is 6.92 Å². The van der Waals surface area contributed by atoms with Crippen molar-refractivity contribution in [2.24, 2.45) is 5.92 Å². The summed E-state index contributed by atoms with van der Waals surface area (Å²) in [5.74, 6) is 0.204. The molecule has 1 atom stereocenters. The van der Waals surface area contributed by atoms with Crippen LogP contribution in [0.25, 0.3) is 0 Å². The van der Waals surface area contributed by atoms with Gasteiger partial charge in [-0.05, 0) is 43.7 Å². The summed E-state index contributed by atoms with van der Waals surface area (Å²) in [4.78, 5) is 14.3. The minimum absolute atomic E-state index is 0.150. The van der Waals surface area contributed by atoms with Gasteiger partial charge in [-0.15, -0.1) is 0 Å². The lowest BCUT2D eigenvalue weighted by molar-refractivity contribution is 0.0755. The van der Waals surface area contributed by atoms with Gasteiger partial charge in [0.15, 0.2) is 0 Å². The molecule has 0 N–H and O–H groups in total. The zero-order valence-corrected chi connectivity index (χ0v) is 12.5. The van der Waals surface area contributed by atoms with Crippen LogP contribution in [0.1, 0.15) is 54.9 Å². The van der Waals surface area contributed by atoms with Gasteiger partial charge >= 0.3 is 0 Å². The first-order valence-electron chi connectivity index (χ1n) is 7.68. The Kier molecular flexibility index (Phi) is 5.16. The number of hydrogen-bond acceptors (Lipinski definition) is 1. The molecular formula is C17H24FNO. The van der Waals surface area contributed by atoms with Crippen molar-refractivity contribution in [1.82, 2.24) is 4.90 Å². The Hall–Kier alpha value is -1.38. The highest BCUT2D eigenvalue weighted by Crippen LogP contribution is 2.23. The van der Waals surface area contributed by atoms with Crippen molar-refractivity contribution in [2.45, 2.75) is 46.0 Å². The topological polar surface area (TPSA) is 20.3 Å². The molecule has 1 unspecified atom stereocenters. The lowest BCUT2D eigenvalue weighted by Gasteiger charge is -2.21. The lowest BCUT2D eigenvalue weighted by atomic mass is 9.96. The van der Waals surface area contributed by atoms with E-state index in [1.807, 2.05) is 4.90 Å². The van der Waals surface area contributed by atoms with Gasteiger partial charge in [0.05, 0.1) is 5.56 Å². The van der Waals surface area contributed by atoms with Gasteiger partial charge < -0.3 is 4.90 Å². The molecule has 0 spiro atoms. The van der Waals surface area contributed by atoms with Crippen LogP contribution in [0, 0.1) is 18.7 Å². The maximum absolute atomic E-state index is 14.1. The average molecular weight is 277 g/mol. The van der Waals surface area contributed by atoms with E-state index in [-0.39, 0.29) is 17.3 Å². The third-order valence-corrected chi connectivity index (χ3v) is 4.25. The quantitative estimate of drug-likeness (QED) is 0.811. The van der Waals surface area contributed by atoms with Crippen LogP contribution >= 0.6 is 0 Å². The van der Waals surface area contributed by atoms with Crippen molar-refractivity contribution >= 4 is 5.91 Å². The molecule has 1 fully saturated rings. The highest BCUT2D eigenvalue weighted by molar-refractivity contribution is 5.94. The summed E-state index contributed by atoms with van der Waals surface area (Å²) >= 11 is 0. The van der Waals surface area contributed by atoms with Crippen LogP contribution in [0.5, 0.6) is 0 Å². The Morgan fingerprint density at radius 2 is 2.15 bits per heavy atom. The summed E-state index contributed by atoms with van der Waals surface area (Å²) in [6, 6.07) is 5.05. The molecule has 1 aliphatic rings. The van der Waals surface area contributed by atoms with Crippen LogP contribution in [0.15, 0.2) is 18.2 Å². The first-order chi connectivity index (χ1) is 9.63. The second-order valence-corrected chi connectivity index (χ2v) is 5.81. The first kappa shape index (κ1) is 15.0. The molecule has 1 aromatic carbocycles. The Morgan fingerprint density at radius 1 is 1.35 bits per heavy atom. The van der Waals surface area contributed by atoms with Crippen molar-refractivity contribution in [3.05, 3.63) is 35.1 Å². The summed E-state index contributed by atoms with van der Waals surface area (Å²) in [6.07, 6.45) is 5.71. The Balaban J connectivity index is 2.07. The average Bonchev–Trinajstić information content (AvgIpc) is 2.67. The number of carbonyl (C=O) groups excluding carboxylic acids is 1. The van der Waals surface area contributed by atoms with E-state index in [1.165, 1.54) is 19.3 Å². The third kappa shape index (κ3) is 3.38. The molecule has 2 rings (SSSR count). The summed E-state index contributed by atoms with van der Waals surface area (Å²) in [5, 5.41) is 0. The smallest absolute Gasteiger partial charge is 0.256 e. The second-order valence-electron chi connectivity index (χ2n) is 5.81. The summed E-state index contributed by atoms with van der Waals surface area (Å²) in [5.41, 5.74) is 0.758. The normalized spacial score (nSPS) is 19.8. The minimum Gasteiger partial charge on any atom is -0.339 e. The van der Waals surface area contributed by atoms with Gasteiger partial charge in [0.25, 0.3) is 5.91 Å². The van der Waals surface area contributed by atoms with Crippen LogP contribution in [0.3, 0.4) is 0 Å². The molecule has 0 aromatic heterocycles. The fraction of sp³-hybridized carbons (Fsp3) is 0.588. The summed E-state index contributed by atoms with van der Waals surface area (Å²) < 4.78 is 14.1. The van der Waals surface area contributed by atoms with E-state index >= 15 is 0 Å². The molecule has 0 radical (unpaired) electrons. The van der Waals surface area contributed by atoms with Crippen molar-refractivity contribution in [2.75, 3.05) is 13.1 Å². The molecule has 1 saturated heterocycles. The van der Waals surface area contributed by atoms with Crippen molar-refractivity contribution < 1.29 is 9.18 Å². The lowest BCUT2D eigenvalue weighted by Crippen LogP contribution is -2.32. The van der Waals surface area contributed by atoms with Gasteiger partial charge in [0.2, 0.25) is 0 Å². The molecule has 110 valence electrons. The van der Waals surface area contributed by atoms with Crippen LogP contribution in [-0.4, -0.2) is 23.9 Å². The number of likely N-dealkylation sites (tertiary alicyclic amines) is 1. The Labute approximate surface area is 121 Å². The molecule has 0 saturated carbocycles. The fourth-order valence-corrected chi connectivity index (χ4v) is 3.05. The van der Waals surface area contributed by atoms with Crippen LogP contribution < -0.4 is 0 Å². The zero-order chi connectivity index (χ0) is 14.5. The number of halogens is 1. The molecule has 1 amide bonds. The number of rotatable bonds is 3. The summed E-state index contributed by atoms with van der Waals surface area (Å²) in [7, 11) is 0. The van der Waals surface area contributed by atoms with E-state index in [0.29, 0.717) is 5.56 Å². The second kappa shape index (κ2) is 6.87. The number of aryl methyl sites for hydroxylation is 1. The van der Waals surface area contributed by atoms with Crippen LogP contribution in [0.2, 0.25) is 0 Å². The van der Waals surface area contributed by atoms with Gasteiger partial charge in [-0.1, -0.05) is 31.9 Å². The predicted octanol–water partition coefficient (Wildman–Crippen LogP) is 4.18. The highest BCUT2D eigenvalue weighted by Gasteiger charge is 2.23. The number of amides is 1. The highest BCUT2D eigenvalue weighted by atomic mass is 19.1. The monoisotopic (exact) mass is 277 g/mol. The molecule has 1 heterocycles. The molecule has 0 bridgehead atoms. The van der Waals surface area contributed by atoms with Gasteiger partial charge in [0.1, 0.15) is 5.82 Å². The number of nitrogens with zero attached hydrogens (tertiary/aromatic N) is 1. The summed E-state index contributed by atoms with van der Waals surface area (Å²) in [6.45, 7) is 5.42. The maximum atomic E-state index is 14.1. The van der Waals surface area contributed by atoms with Gasteiger partial charge in [0, 0.05) is 13.1 Å². The molecule has 1 aromatic rings. The molecule has 20 heavy (non-hydrogen) atoms. The molecule has 2 nitrogen and oxygen atoms in total. The Bertz CT molecular complexity index is 472. The van der Waals surface area contributed by atoms with Crippen molar-refractivity contribution in [1.29, 1.82) is 0 Å². The minimum atomic E-state index is -0.369. The molecular weight excluding hydrogens is 253 g/mol. The van der Waals surface area contributed by atoms with E-state index < -0.39 is 0 Å². The van der Waals surface area contributed by atoms with Gasteiger partial charge in [-0.2, -0.15) is 0 Å². The Morgan fingerprint density at radius 3 is 2.90 bits per heavy atom. The van der Waals surface area contributed by atoms with Gasteiger partial charge in [-0.25, -0.2) is 4.39 Å². The van der Waals surface area contributed by atoms with E-state index in [1.54, 1.807) is 25.1 Å². The molecule has 0 aliphatic carbocycles. The van der Waals surface area contributed by atoms with E-state index in [9.17, 15) is 9.18 Å². The predicted molar refractivity (Wildman–Crippen MR) is 79.3 cm³/mol. The maximum Gasteiger partial charge on any atom is 0.256 e. The van der Waals surface area contributed by atoms with Crippen LogP contribution in [0.4, 0.5) is 4.39 Å². The number of benzene rings is 1. The number of carbonyl (C=O) groups is 1. The number of hydrogen-bond donors (Lipinski definition) is 0. The first-order valence-corrected chi connectivity index (χ1v) is 7.68. The SMILES string of the molecule is CCCC1CCCN(C(=O)c2cccc(C)c2F)CC1. The molecule has 3 heteroatoms.